The number of likely N-dealkylation sites (tertiary alicyclic amines) is 1. The summed E-state index contributed by atoms with van der Waals surface area (Å²) in [6.07, 6.45) is 0.933. The van der Waals surface area contributed by atoms with Crippen LogP contribution in [0.25, 0.3) is 0 Å². The molecule has 0 N–H and O–H groups in total. The molecule has 1 aromatic rings. The number of nitrogens with zero attached hydrogens (tertiary/aromatic N) is 1. The van der Waals surface area contributed by atoms with Gasteiger partial charge in [0.25, 0.3) is 0 Å². The number of hydrogen-bond donors (Lipinski definition) is 0. The summed E-state index contributed by atoms with van der Waals surface area (Å²) in [6.45, 7) is 5.08. The number of hydrogen-bond acceptors (Lipinski definition) is 2. The zero-order valence-electron chi connectivity index (χ0n) is 11.0. The lowest BCUT2D eigenvalue weighted by Crippen LogP contribution is -2.43. The fraction of sp³-hybridized carbons (Fsp3) is 0.467. The third kappa shape index (κ3) is 2.97. The molecule has 0 aliphatic carbocycles. The number of carbonyl (C=O) groups excluding carboxylic acids is 2. The van der Waals surface area contributed by atoms with Crippen molar-refractivity contribution < 1.29 is 9.59 Å². The Bertz CT molecular complexity index is 450. The number of ketones is 1. The standard InChI is InChI=1S/C15H19NO2/c1-11-3-5-13(6-4-11)9-15(18)16-8-7-14(17)12(2)10-16/h3-6,12H,7-10H2,1-2H3. The van der Waals surface area contributed by atoms with Crippen molar-refractivity contribution in [1.29, 1.82) is 0 Å². The van der Waals surface area contributed by atoms with Crippen LogP contribution in [0.5, 0.6) is 0 Å². The molecule has 3 heteroatoms. The van der Waals surface area contributed by atoms with Crippen LogP contribution >= 0.6 is 0 Å². The monoisotopic (exact) mass is 245 g/mol. The molecule has 0 aromatic heterocycles. The zero-order valence-corrected chi connectivity index (χ0v) is 11.0. The van der Waals surface area contributed by atoms with Crippen LogP contribution in [0.4, 0.5) is 0 Å². The summed E-state index contributed by atoms with van der Waals surface area (Å²) >= 11 is 0. The van der Waals surface area contributed by atoms with E-state index in [1.807, 2.05) is 43.0 Å². The van der Waals surface area contributed by atoms with E-state index in [2.05, 4.69) is 0 Å². The van der Waals surface area contributed by atoms with Gasteiger partial charge in [-0.15, -0.1) is 0 Å². The Labute approximate surface area is 108 Å². The number of amides is 1. The van der Waals surface area contributed by atoms with E-state index in [0.29, 0.717) is 25.9 Å². The first kappa shape index (κ1) is 12.8. The van der Waals surface area contributed by atoms with E-state index in [0.717, 1.165) is 5.56 Å². The summed E-state index contributed by atoms with van der Waals surface area (Å²) in [7, 11) is 0. The first-order valence-electron chi connectivity index (χ1n) is 6.42. The van der Waals surface area contributed by atoms with Gasteiger partial charge in [-0.3, -0.25) is 9.59 Å². The maximum absolute atomic E-state index is 12.1. The smallest absolute Gasteiger partial charge is 0.227 e. The lowest BCUT2D eigenvalue weighted by molar-refractivity contribution is -0.136. The quantitative estimate of drug-likeness (QED) is 0.799. The van der Waals surface area contributed by atoms with Crippen LogP contribution in [-0.2, 0) is 16.0 Å². The predicted molar refractivity (Wildman–Crippen MR) is 70.3 cm³/mol. The van der Waals surface area contributed by atoms with Gasteiger partial charge in [-0.25, -0.2) is 0 Å². The fourth-order valence-electron chi connectivity index (χ4n) is 2.23. The summed E-state index contributed by atoms with van der Waals surface area (Å²) in [5.74, 6) is 0.383. The average molecular weight is 245 g/mol. The molecule has 3 nitrogen and oxygen atoms in total. The Balaban J connectivity index is 1.96. The Kier molecular flexibility index (Phi) is 3.80. The van der Waals surface area contributed by atoms with E-state index >= 15 is 0 Å². The van der Waals surface area contributed by atoms with Gasteiger partial charge in [0.15, 0.2) is 0 Å². The van der Waals surface area contributed by atoms with Gasteiger partial charge >= 0.3 is 0 Å². The molecule has 1 aliphatic heterocycles. The molecular weight excluding hydrogens is 226 g/mol. The van der Waals surface area contributed by atoms with Crippen molar-refractivity contribution in [2.45, 2.75) is 26.7 Å². The van der Waals surface area contributed by atoms with Gasteiger partial charge in [-0.1, -0.05) is 36.8 Å². The van der Waals surface area contributed by atoms with Gasteiger partial charge in [0.05, 0.1) is 6.42 Å². The highest BCUT2D eigenvalue weighted by molar-refractivity contribution is 5.85. The Morgan fingerprint density at radius 1 is 1.33 bits per heavy atom. The van der Waals surface area contributed by atoms with Crippen molar-refractivity contribution in [3.05, 3.63) is 35.4 Å². The van der Waals surface area contributed by atoms with Crippen molar-refractivity contribution in [2.75, 3.05) is 13.1 Å². The summed E-state index contributed by atoms with van der Waals surface area (Å²) in [4.78, 5) is 25.4. The van der Waals surface area contributed by atoms with E-state index in [-0.39, 0.29) is 17.6 Å². The van der Waals surface area contributed by atoms with Crippen molar-refractivity contribution in [3.8, 4) is 0 Å². The molecule has 0 bridgehead atoms. The van der Waals surface area contributed by atoms with Crippen LogP contribution in [0.3, 0.4) is 0 Å². The third-order valence-corrected chi connectivity index (χ3v) is 3.50. The molecule has 0 radical (unpaired) electrons. The van der Waals surface area contributed by atoms with Gasteiger partial charge in [0.1, 0.15) is 5.78 Å². The number of aryl methyl sites for hydroxylation is 1. The molecule has 18 heavy (non-hydrogen) atoms. The van der Waals surface area contributed by atoms with Crippen molar-refractivity contribution in [1.82, 2.24) is 4.90 Å². The lowest BCUT2D eigenvalue weighted by atomic mass is 9.98. The molecule has 1 aliphatic rings. The van der Waals surface area contributed by atoms with Crippen LogP contribution in [0.2, 0.25) is 0 Å². The molecule has 1 amide bonds. The number of rotatable bonds is 2. The average Bonchev–Trinajstić information content (AvgIpc) is 2.35. The topological polar surface area (TPSA) is 37.4 Å². The van der Waals surface area contributed by atoms with Crippen molar-refractivity contribution in [3.63, 3.8) is 0 Å². The molecule has 1 saturated heterocycles. The van der Waals surface area contributed by atoms with Crippen LogP contribution in [-0.4, -0.2) is 29.7 Å². The minimum Gasteiger partial charge on any atom is -0.341 e. The summed E-state index contributed by atoms with van der Waals surface area (Å²) in [6, 6.07) is 8.02. The maximum atomic E-state index is 12.1. The van der Waals surface area contributed by atoms with Gasteiger partial charge in [0, 0.05) is 25.4 Å². The zero-order chi connectivity index (χ0) is 13.1. The highest BCUT2D eigenvalue weighted by Crippen LogP contribution is 2.14. The van der Waals surface area contributed by atoms with Gasteiger partial charge in [-0.05, 0) is 12.5 Å². The minimum absolute atomic E-state index is 0.0132. The van der Waals surface area contributed by atoms with Crippen LogP contribution < -0.4 is 0 Å². The molecule has 0 saturated carbocycles. The third-order valence-electron chi connectivity index (χ3n) is 3.50. The van der Waals surface area contributed by atoms with E-state index < -0.39 is 0 Å². The maximum Gasteiger partial charge on any atom is 0.227 e. The Morgan fingerprint density at radius 2 is 2.00 bits per heavy atom. The number of benzene rings is 1. The van der Waals surface area contributed by atoms with E-state index in [1.165, 1.54) is 5.56 Å². The molecule has 1 fully saturated rings. The van der Waals surface area contributed by atoms with E-state index in [1.54, 1.807) is 0 Å². The Morgan fingerprint density at radius 3 is 2.61 bits per heavy atom. The summed E-state index contributed by atoms with van der Waals surface area (Å²) < 4.78 is 0. The van der Waals surface area contributed by atoms with Crippen LogP contribution in [0.15, 0.2) is 24.3 Å². The predicted octanol–water partition coefficient (Wildman–Crippen LogP) is 1.98. The van der Waals surface area contributed by atoms with Crippen LogP contribution in [0.1, 0.15) is 24.5 Å². The number of Topliss-reactive ketones (excluding diaryl/α,β-unsaturated/α-hetero) is 1. The molecular formula is C15H19NO2. The number of piperidine rings is 1. The minimum atomic E-state index is -0.0132. The van der Waals surface area contributed by atoms with E-state index in [9.17, 15) is 9.59 Å². The lowest BCUT2D eigenvalue weighted by Gasteiger charge is -2.30. The highest BCUT2D eigenvalue weighted by Gasteiger charge is 2.26. The van der Waals surface area contributed by atoms with Gasteiger partial charge in [0.2, 0.25) is 5.91 Å². The molecule has 1 heterocycles. The second-order valence-electron chi connectivity index (χ2n) is 5.12. The summed E-state index contributed by atoms with van der Waals surface area (Å²) in [5, 5.41) is 0. The first-order valence-corrected chi connectivity index (χ1v) is 6.42. The molecule has 0 spiro atoms. The first-order chi connectivity index (χ1) is 8.56. The second-order valence-corrected chi connectivity index (χ2v) is 5.12. The highest BCUT2D eigenvalue weighted by atomic mass is 16.2. The van der Waals surface area contributed by atoms with Gasteiger partial charge in [-0.2, -0.15) is 0 Å². The summed E-state index contributed by atoms with van der Waals surface area (Å²) in [5.41, 5.74) is 2.23. The SMILES string of the molecule is Cc1ccc(CC(=O)N2CCC(=O)C(C)C2)cc1. The Hall–Kier alpha value is -1.64. The normalized spacial score (nSPS) is 20.0. The van der Waals surface area contributed by atoms with E-state index in [4.69, 9.17) is 0 Å². The fourth-order valence-corrected chi connectivity index (χ4v) is 2.23. The largest absolute Gasteiger partial charge is 0.341 e. The van der Waals surface area contributed by atoms with Crippen molar-refractivity contribution >= 4 is 11.7 Å². The molecule has 1 aromatic carbocycles. The molecule has 2 rings (SSSR count). The molecule has 1 atom stereocenters. The second kappa shape index (κ2) is 5.34. The molecule has 96 valence electrons. The van der Waals surface area contributed by atoms with Gasteiger partial charge < -0.3 is 4.90 Å². The van der Waals surface area contributed by atoms with Crippen LogP contribution in [0, 0.1) is 12.8 Å². The van der Waals surface area contributed by atoms with Crippen molar-refractivity contribution in [2.24, 2.45) is 5.92 Å². The number of carbonyl (C=O) groups is 2. The molecule has 1 unspecified atom stereocenters.